The van der Waals surface area contributed by atoms with Gasteiger partial charge in [0.05, 0.1) is 0 Å². The van der Waals surface area contributed by atoms with E-state index < -0.39 is 0 Å². The summed E-state index contributed by atoms with van der Waals surface area (Å²) in [5.74, 6) is 0.100. The summed E-state index contributed by atoms with van der Waals surface area (Å²) in [5, 5.41) is 0. The lowest BCUT2D eigenvalue weighted by atomic mass is 9.99. The van der Waals surface area contributed by atoms with Crippen LogP contribution in [0.15, 0.2) is 72.8 Å². The zero-order valence-electron chi connectivity index (χ0n) is 16.0. The van der Waals surface area contributed by atoms with E-state index >= 15 is 0 Å². The maximum Gasteiger partial charge on any atom is 0.258 e. The van der Waals surface area contributed by atoms with Crippen LogP contribution in [0.3, 0.4) is 0 Å². The molecule has 0 saturated heterocycles. The molecule has 0 bridgehead atoms. The number of anilines is 1. The molecular formula is C25H24N2O. The molecule has 2 aliphatic rings. The Morgan fingerprint density at radius 2 is 1.43 bits per heavy atom. The quantitative estimate of drug-likeness (QED) is 0.682. The van der Waals surface area contributed by atoms with Crippen molar-refractivity contribution in [1.29, 1.82) is 0 Å². The highest BCUT2D eigenvalue weighted by Gasteiger charge is 2.25. The molecule has 0 radical (unpaired) electrons. The van der Waals surface area contributed by atoms with Gasteiger partial charge in [-0.15, -0.1) is 0 Å². The number of nitrogens with zero attached hydrogens (tertiary/aromatic N) is 2. The lowest BCUT2D eigenvalue weighted by Crippen LogP contribution is -2.30. The van der Waals surface area contributed by atoms with Gasteiger partial charge in [0.1, 0.15) is 0 Å². The van der Waals surface area contributed by atoms with Gasteiger partial charge in [0.15, 0.2) is 0 Å². The topological polar surface area (TPSA) is 23.6 Å². The molecule has 0 spiro atoms. The summed E-state index contributed by atoms with van der Waals surface area (Å²) in [6.45, 7) is 3.78. The third-order valence-electron chi connectivity index (χ3n) is 5.95. The highest BCUT2D eigenvalue weighted by Crippen LogP contribution is 2.29. The van der Waals surface area contributed by atoms with Crippen LogP contribution in [0.1, 0.15) is 32.6 Å². The van der Waals surface area contributed by atoms with Gasteiger partial charge in [-0.2, -0.15) is 0 Å². The Balaban J connectivity index is 1.27. The largest absolute Gasteiger partial charge is 0.308 e. The van der Waals surface area contributed by atoms with Crippen molar-refractivity contribution >= 4 is 11.6 Å². The first kappa shape index (κ1) is 17.2. The van der Waals surface area contributed by atoms with Crippen molar-refractivity contribution in [2.75, 3.05) is 18.0 Å². The van der Waals surface area contributed by atoms with E-state index in [1.54, 1.807) is 0 Å². The van der Waals surface area contributed by atoms with Gasteiger partial charge in [0.25, 0.3) is 5.91 Å². The van der Waals surface area contributed by atoms with Crippen molar-refractivity contribution in [2.24, 2.45) is 0 Å². The molecule has 1 amide bonds. The smallest absolute Gasteiger partial charge is 0.258 e. The molecule has 3 heteroatoms. The number of hydrogen-bond acceptors (Lipinski definition) is 2. The van der Waals surface area contributed by atoms with Gasteiger partial charge in [-0.1, -0.05) is 54.6 Å². The number of fused-ring (bicyclic) bond motifs is 2. The maximum atomic E-state index is 13.0. The lowest BCUT2D eigenvalue weighted by molar-refractivity contribution is 0.0989. The van der Waals surface area contributed by atoms with Crippen molar-refractivity contribution in [1.82, 2.24) is 4.90 Å². The summed E-state index contributed by atoms with van der Waals surface area (Å²) in [7, 11) is 0. The fourth-order valence-electron chi connectivity index (χ4n) is 4.41. The Kier molecular flexibility index (Phi) is 4.46. The van der Waals surface area contributed by atoms with E-state index in [-0.39, 0.29) is 5.91 Å². The normalized spacial score (nSPS) is 15.9. The summed E-state index contributed by atoms with van der Waals surface area (Å²) >= 11 is 0. The van der Waals surface area contributed by atoms with Crippen molar-refractivity contribution < 1.29 is 4.79 Å². The van der Waals surface area contributed by atoms with E-state index in [1.165, 1.54) is 22.3 Å². The monoisotopic (exact) mass is 368 g/mol. The zero-order chi connectivity index (χ0) is 18.9. The second-order valence-electron chi connectivity index (χ2n) is 7.76. The molecule has 140 valence electrons. The van der Waals surface area contributed by atoms with E-state index in [4.69, 9.17) is 0 Å². The van der Waals surface area contributed by atoms with E-state index in [0.29, 0.717) is 0 Å². The number of carbonyl (C=O) groups excluding carboxylic acids is 1. The second-order valence-corrected chi connectivity index (χ2v) is 7.76. The number of amides is 1. The van der Waals surface area contributed by atoms with E-state index in [0.717, 1.165) is 50.3 Å². The molecule has 3 aromatic rings. The van der Waals surface area contributed by atoms with Gasteiger partial charge in [0, 0.05) is 37.4 Å². The number of hydrogen-bond donors (Lipinski definition) is 0. The minimum atomic E-state index is 0.100. The molecule has 0 saturated carbocycles. The Morgan fingerprint density at radius 1 is 0.750 bits per heavy atom. The maximum absolute atomic E-state index is 13.0. The second kappa shape index (κ2) is 7.25. The van der Waals surface area contributed by atoms with Gasteiger partial charge in [-0.05, 0) is 53.3 Å². The van der Waals surface area contributed by atoms with Gasteiger partial charge >= 0.3 is 0 Å². The first-order valence-corrected chi connectivity index (χ1v) is 10.1. The van der Waals surface area contributed by atoms with E-state index in [1.807, 2.05) is 35.2 Å². The Labute approximate surface area is 166 Å². The summed E-state index contributed by atoms with van der Waals surface area (Å²) in [5.41, 5.74) is 7.27. The Hall–Kier alpha value is -2.91. The minimum absolute atomic E-state index is 0.100. The molecule has 2 aliphatic heterocycles. The Bertz CT molecular complexity index is 1010. The van der Waals surface area contributed by atoms with Crippen molar-refractivity contribution in [3.63, 3.8) is 0 Å². The molecule has 28 heavy (non-hydrogen) atoms. The third-order valence-corrected chi connectivity index (χ3v) is 5.95. The highest BCUT2D eigenvalue weighted by atomic mass is 16.2. The fourth-order valence-corrected chi connectivity index (χ4v) is 4.41. The van der Waals surface area contributed by atoms with Crippen LogP contribution in [0.4, 0.5) is 5.69 Å². The first-order chi connectivity index (χ1) is 13.8. The average molecular weight is 368 g/mol. The first-order valence-electron chi connectivity index (χ1n) is 10.1. The summed E-state index contributed by atoms with van der Waals surface area (Å²) < 4.78 is 0. The highest BCUT2D eigenvalue weighted by molar-refractivity contribution is 6.07. The summed E-state index contributed by atoms with van der Waals surface area (Å²) in [6.07, 6.45) is 2.05. The van der Waals surface area contributed by atoms with Crippen LogP contribution in [0.2, 0.25) is 0 Å². The molecule has 0 unspecified atom stereocenters. The van der Waals surface area contributed by atoms with Crippen LogP contribution in [0.5, 0.6) is 0 Å². The summed E-state index contributed by atoms with van der Waals surface area (Å²) in [6, 6.07) is 25.1. The predicted octanol–water partition coefficient (Wildman–Crippen LogP) is 4.45. The van der Waals surface area contributed by atoms with Crippen molar-refractivity contribution in [3.05, 3.63) is 101 Å². The predicted molar refractivity (Wildman–Crippen MR) is 113 cm³/mol. The van der Waals surface area contributed by atoms with Crippen molar-refractivity contribution in [2.45, 2.75) is 25.9 Å². The standard InChI is InChI=1S/C25H24N2O/c28-25(27-16-14-21-6-3-4-8-24(21)27)22-11-9-19(10-12-22)17-26-15-13-20-5-1-2-7-23(20)18-26/h1-12H,13-18H2. The molecule has 0 atom stereocenters. The van der Waals surface area contributed by atoms with Crippen LogP contribution in [-0.4, -0.2) is 23.9 Å². The molecule has 0 aromatic heterocycles. The van der Waals surface area contributed by atoms with Gasteiger partial charge in [0.2, 0.25) is 0 Å². The fraction of sp³-hybridized carbons (Fsp3) is 0.240. The van der Waals surface area contributed by atoms with Gasteiger partial charge in [-0.3, -0.25) is 9.69 Å². The molecule has 3 nitrogen and oxygen atoms in total. The van der Waals surface area contributed by atoms with Crippen LogP contribution >= 0.6 is 0 Å². The molecule has 3 aromatic carbocycles. The van der Waals surface area contributed by atoms with Gasteiger partial charge < -0.3 is 4.90 Å². The average Bonchev–Trinajstić information content (AvgIpc) is 3.18. The molecule has 0 N–H and O–H groups in total. The van der Waals surface area contributed by atoms with E-state index in [2.05, 4.69) is 47.4 Å². The van der Waals surface area contributed by atoms with Crippen LogP contribution in [-0.2, 0) is 25.9 Å². The lowest BCUT2D eigenvalue weighted by Gasteiger charge is -2.28. The van der Waals surface area contributed by atoms with Crippen LogP contribution in [0.25, 0.3) is 0 Å². The molecule has 5 rings (SSSR count). The number of carbonyl (C=O) groups is 1. The third kappa shape index (κ3) is 3.23. The molecule has 0 aliphatic carbocycles. The number of rotatable bonds is 3. The molecular weight excluding hydrogens is 344 g/mol. The van der Waals surface area contributed by atoms with Gasteiger partial charge in [-0.25, -0.2) is 0 Å². The number of para-hydroxylation sites is 1. The minimum Gasteiger partial charge on any atom is -0.308 e. The zero-order valence-corrected chi connectivity index (χ0v) is 16.0. The Morgan fingerprint density at radius 3 is 2.25 bits per heavy atom. The molecule has 0 fully saturated rings. The van der Waals surface area contributed by atoms with Crippen LogP contribution in [0, 0.1) is 0 Å². The molecule has 2 heterocycles. The summed E-state index contributed by atoms with van der Waals surface area (Å²) in [4.78, 5) is 17.4. The SMILES string of the molecule is O=C(c1ccc(CN2CCc3ccccc3C2)cc1)N1CCc2ccccc21. The van der Waals surface area contributed by atoms with Crippen LogP contribution < -0.4 is 4.90 Å². The van der Waals surface area contributed by atoms with Crippen molar-refractivity contribution in [3.8, 4) is 0 Å². The number of benzene rings is 3. The van der Waals surface area contributed by atoms with E-state index in [9.17, 15) is 4.79 Å².